The molecule has 0 atom stereocenters. The van der Waals surface area contributed by atoms with Crippen LogP contribution in [0.2, 0.25) is 0 Å². The lowest BCUT2D eigenvalue weighted by atomic mass is 10.1. The van der Waals surface area contributed by atoms with Crippen LogP contribution in [-0.2, 0) is 6.32 Å². The van der Waals surface area contributed by atoms with Crippen molar-refractivity contribution in [1.29, 1.82) is 0 Å². The Bertz CT molecular complexity index is 204. The molecule has 0 saturated carbocycles. The van der Waals surface area contributed by atoms with Crippen molar-refractivity contribution in [2.75, 3.05) is 0 Å². The summed E-state index contributed by atoms with van der Waals surface area (Å²) < 4.78 is 0.776. The molecule has 0 spiro atoms. The predicted molar refractivity (Wildman–Crippen MR) is 39.2 cm³/mol. The minimum Gasteiger partial charge on any atom is -0.242 e. The van der Waals surface area contributed by atoms with E-state index in [1.54, 1.807) is 12.3 Å². The van der Waals surface area contributed by atoms with Gasteiger partial charge in [-0.25, -0.2) is 9.97 Å². The Hall–Kier alpha value is -0.375. The third-order valence-corrected chi connectivity index (χ3v) is 1.30. The summed E-state index contributed by atoms with van der Waals surface area (Å²) in [5.74, 6) is 0.657. The third kappa shape index (κ3) is 1.79. The molecule has 0 aliphatic rings. The molecule has 0 bridgehead atoms. The van der Waals surface area contributed by atoms with Crippen LogP contribution in [0.4, 0.5) is 0 Å². The molecule has 0 unspecified atom stereocenters. The number of hydrogen-bond donors (Lipinski definition) is 0. The van der Waals surface area contributed by atoms with Gasteiger partial charge in [-0.3, -0.25) is 0 Å². The minimum absolute atomic E-state index is 0.388. The van der Waals surface area contributed by atoms with E-state index in [0.29, 0.717) is 12.1 Å². The number of halogens is 1. The summed E-state index contributed by atoms with van der Waals surface area (Å²) in [7, 11) is 5.27. The molecule has 1 rings (SSSR count). The van der Waals surface area contributed by atoms with Gasteiger partial charge in [0.2, 0.25) is 0 Å². The Morgan fingerprint density at radius 3 is 2.89 bits per heavy atom. The van der Waals surface area contributed by atoms with Gasteiger partial charge in [-0.05, 0) is 28.3 Å². The molecule has 1 aromatic heterocycles. The lowest BCUT2D eigenvalue weighted by Gasteiger charge is -1.92. The highest BCUT2D eigenvalue weighted by Crippen LogP contribution is 2.02. The van der Waals surface area contributed by atoms with Crippen molar-refractivity contribution < 1.29 is 0 Å². The molecule has 0 amide bonds. The lowest BCUT2D eigenvalue weighted by molar-refractivity contribution is 1.01. The van der Waals surface area contributed by atoms with Crippen molar-refractivity contribution >= 4 is 23.8 Å². The molecule has 4 heteroatoms. The number of nitrogens with zero attached hydrogens (tertiary/aromatic N) is 2. The molecule has 1 aromatic rings. The second kappa shape index (κ2) is 2.96. The molecule has 0 saturated heterocycles. The summed E-state index contributed by atoms with van der Waals surface area (Å²) in [4.78, 5) is 7.86. The van der Waals surface area contributed by atoms with E-state index in [1.165, 1.54) is 0 Å². The maximum absolute atomic E-state index is 5.27. The summed E-state index contributed by atoms with van der Waals surface area (Å²) in [6, 6.07) is 1.76. The van der Waals surface area contributed by atoms with Crippen LogP contribution in [0.15, 0.2) is 16.9 Å². The topological polar surface area (TPSA) is 25.8 Å². The molecule has 44 valence electrons. The molecule has 2 nitrogen and oxygen atoms in total. The lowest BCUT2D eigenvalue weighted by Crippen LogP contribution is -1.92. The average molecular weight is 183 g/mol. The van der Waals surface area contributed by atoms with E-state index in [2.05, 4.69) is 25.9 Å². The van der Waals surface area contributed by atoms with Crippen LogP contribution in [0.3, 0.4) is 0 Å². The molecule has 0 aliphatic heterocycles. The molecular formula is C5H4BBrN2. The quantitative estimate of drug-likeness (QED) is 0.477. The van der Waals surface area contributed by atoms with E-state index in [4.69, 9.17) is 7.85 Å². The Balaban J connectivity index is 2.94. The van der Waals surface area contributed by atoms with E-state index in [1.807, 2.05) is 0 Å². The van der Waals surface area contributed by atoms with Crippen molar-refractivity contribution in [3.63, 3.8) is 0 Å². The van der Waals surface area contributed by atoms with Gasteiger partial charge in [0, 0.05) is 6.20 Å². The van der Waals surface area contributed by atoms with Crippen molar-refractivity contribution in [2.45, 2.75) is 6.32 Å². The maximum atomic E-state index is 5.27. The molecule has 2 radical (unpaired) electrons. The number of hydrogen-bond acceptors (Lipinski definition) is 2. The van der Waals surface area contributed by atoms with E-state index in [9.17, 15) is 0 Å². The van der Waals surface area contributed by atoms with Crippen molar-refractivity contribution in [3.05, 3.63) is 22.7 Å². The van der Waals surface area contributed by atoms with Gasteiger partial charge in [-0.1, -0.05) is 0 Å². The van der Waals surface area contributed by atoms with E-state index in [0.717, 1.165) is 4.60 Å². The highest BCUT2D eigenvalue weighted by Gasteiger charge is 1.90. The Kier molecular flexibility index (Phi) is 2.22. The first kappa shape index (κ1) is 6.74. The van der Waals surface area contributed by atoms with Crippen molar-refractivity contribution in [3.8, 4) is 0 Å². The van der Waals surface area contributed by atoms with Gasteiger partial charge in [0.25, 0.3) is 0 Å². The Morgan fingerprint density at radius 1 is 1.67 bits per heavy atom. The summed E-state index contributed by atoms with van der Waals surface area (Å²) in [6.07, 6.45) is 2.05. The summed E-state index contributed by atoms with van der Waals surface area (Å²) in [6.45, 7) is 0. The average Bonchev–Trinajstić information content (AvgIpc) is 1.88. The largest absolute Gasteiger partial charge is 0.242 e. The number of rotatable bonds is 1. The van der Waals surface area contributed by atoms with Gasteiger partial charge in [0.1, 0.15) is 10.4 Å². The van der Waals surface area contributed by atoms with E-state index < -0.39 is 0 Å². The number of aromatic nitrogens is 2. The first-order valence-corrected chi connectivity index (χ1v) is 3.29. The van der Waals surface area contributed by atoms with Gasteiger partial charge in [-0.15, -0.1) is 0 Å². The normalized spacial score (nSPS) is 9.44. The van der Waals surface area contributed by atoms with Gasteiger partial charge < -0.3 is 0 Å². The molecule has 0 fully saturated rings. The summed E-state index contributed by atoms with van der Waals surface area (Å²) >= 11 is 3.20. The SMILES string of the molecule is [B]Cc1nccc(Br)n1. The Morgan fingerprint density at radius 2 is 2.44 bits per heavy atom. The monoisotopic (exact) mass is 182 g/mol. The zero-order valence-electron chi connectivity index (χ0n) is 4.71. The Labute approximate surface area is 63.3 Å². The highest BCUT2D eigenvalue weighted by atomic mass is 79.9. The van der Waals surface area contributed by atoms with Crippen LogP contribution < -0.4 is 0 Å². The maximum Gasteiger partial charge on any atom is 0.121 e. The van der Waals surface area contributed by atoms with Gasteiger partial charge >= 0.3 is 0 Å². The van der Waals surface area contributed by atoms with Gasteiger partial charge in [-0.2, -0.15) is 0 Å². The fourth-order valence-electron chi connectivity index (χ4n) is 0.473. The zero-order chi connectivity index (χ0) is 6.69. The van der Waals surface area contributed by atoms with E-state index >= 15 is 0 Å². The van der Waals surface area contributed by atoms with Crippen molar-refractivity contribution in [1.82, 2.24) is 9.97 Å². The van der Waals surface area contributed by atoms with Crippen LogP contribution in [0.25, 0.3) is 0 Å². The predicted octanol–water partition coefficient (Wildman–Crippen LogP) is 0.908. The van der Waals surface area contributed by atoms with Crippen LogP contribution >= 0.6 is 15.9 Å². The minimum atomic E-state index is 0.388. The fourth-order valence-corrected chi connectivity index (χ4v) is 0.795. The second-order valence-electron chi connectivity index (χ2n) is 1.50. The highest BCUT2D eigenvalue weighted by molar-refractivity contribution is 9.10. The molecule has 0 aliphatic carbocycles. The zero-order valence-corrected chi connectivity index (χ0v) is 6.30. The first-order chi connectivity index (χ1) is 4.33. The molecule has 1 heterocycles. The van der Waals surface area contributed by atoms with Crippen LogP contribution in [-0.4, -0.2) is 17.8 Å². The second-order valence-corrected chi connectivity index (χ2v) is 2.31. The van der Waals surface area contributed by atoms with Crippen LogP contribution in [0.1, 0.15) is 5.82 Å². The first-order valence-electron chi connectivity index (χ1n) is 2.50. The van der Waals surface area contributed by atoms with Crippen molar-refractivity contribution in [2.24, 2.45) is 0 Å². The van der Waals surface area contributed by atoms with Gasteiger partial charge in [0.05, 0.1) is 7.85 Å². The fraction of sp³-hybridized carbons (Fsp3) is 0.200. The standard InChI is InChI=1S/C5H4BBrN2/c6-3-5-8-2-1-4(7)9-5/h1-2H,3H2. The molecule has 0 aromatic carbocycles. The molecular weight excluding hydrogens is 179 g/mol. The van der Waals surface area contributed by atoms with Gasteiger partial charge in [0.15, 0.2) is 0 Å². The summed E-state index contributed by atoms with van der Waals surface area (Å²) in [5.41, 5.74) is 0. The molecule has 0 N–H and O–H groups in total. The molecule has 9 heavy (non-hydrogen) atoms. The third-order valence-electron chi connectivity index (χ3n) is 0.854. The smallest absolute Gasteiger partial charge is 0.121 e. The van der Waals surface area contributed by atoms with Crippen LogP contribution in [0, 0.1) is 0 Å². The summed E-state index contributed by atoms with van der Waals surface area (Å²) in [5, 5.41) is 0. The van der Waals surface area contributed by atoms with E-state index in [-0.39, 0.29) is 0 Å². The van der Waals surface area contributed by atoms with Crippen LogP contribution in [0.5, 0.6) is 0 Å².